The number of nitrogens with zero attached hydrogens (tertiary/aromatic N) is 5. The molecule has 0 saturated heterocycles. The molecule has 33 heavy (non-hydrogen) atoms. The largest absolute Gasteiger partial charge is 0.497 e. The number of methoxy groups -OCH3 is 1. The van der Waals surface area contributed by atoms with Crippen molar-refractivity contribution in [2.24, 2.45) is 0 Å². The molecule has 0 unspecified atom stereocenters. The zero-order valence-corrected chi connectivity index (χ0v) is 19.2. The standard InChI is InChI=1S/C24H21N5O3S/c1-28(2)24(30)22-8-7-21(33-22)18-6-9-23-26-13-15(29(23)27-18)14-32-20-10-11-25-19-12-16(31-3)4-5-17(19)20/h4-13H,14H2,1-3H3. The van der Waals surface area contributed by atoms with Crippen LogP contribution >= 0.6 is 11.3 Å². The number of carbonyl (C=O) groups excluding carboxylic acids is 1. The van der Waals surface area contributed by atoms with E-state index in [1.54, 1.807) is 43.0 Å². The van der Waals surface area contributed by atoms with E-state index in [0.29, 0.717) is 4.88 Å². The van der Waals surface area contributed by atoms with Crippen LogP contribution in [-0.2, 0) is 6.61 Å². The van der Waals surface area contributed by atoms with E-state index < -0.39 is 0 Å². The quantitative estimate of drug-likeness (QED) is 0.377. The number of fused-ring (bicyclic) bond motifs is 2. The van der Waals surface area contributed by atoms with Gasteiger partial charge in [0.25, 0.3) is 5.91 Å². The van der Waals surface area contributed by atoms with Crippen LogP contribution in [-0.4, -0.2) is 51.6 Å². The van der Waals surface area contributed by atoms with E-state index in [2.05, 4.69) is 9.97 Å². The maximum atomic E-state index is 12.2. The Morgan fingerprint density at radius 2 is 1.97 bits per heavy atom. The van der Waals surface area contributed by atoms with Gasteiger partial charge in [0.1, 0.15) is 29.5 Å². The Kier molecular flexibility index (Phi) is 5.39. The molecule has 1 aromatic carbocycles. The summed E-state index contributed by atoms with van der Waals surface area (Å²) >= 11 is 1.42. The summed E-state index contributed by atoms with van der Waals surface area (Å²) in [7, 11) is 5.11. The van der Waals surface area contributed by atoms with Gasteiger partial charge >= 0.3 is 0 Å². The molecule has 5 aromatic rings. The molecule has 0 aliphatic carbocycles. The Bertz CT molecular complexity index is 1470. The first-order valence-corrected chi connectivity index (χ1v) is 11.1. The molecule has 0 spiro atoms. The molecular formula is C24H21N5O3S. The van der Waals surface area contributed by atoms with Gasteiger partial charge in [-0.25, -0.2) is 9.50 Å². The molecule has 0 N–H and O–H groups in total. The molecule has 0 saturated carbocycles. The highest BCUT2D eigenvalue weighted by molar-refractivity contribution is 7.17. The van der Waals surface area contributed by atoms with Crippen LogP contribution in [0, 0.1) is 0 Å². The molecule has 9 heteroatoms. The van der Waals surface area contributed by atoms with Crippen molar-refractivity contribution in [3.8, 4) is 22.1 Å². The highest BCUT2D eigenvalue weighted by Crippen LogP contribution is 2.29. The van der Waals surface area contributed by atoms with Crippen molar-refractivity contribution in [2.45, 2.75) is 6.61 Å². The zero-order chi connectivity index (χ0) is 22.9. The van der Waals surface area contributed by atoms with E-state index in [1.165, 1.54) is 11.3 Å². The summed E-state index contributed by atoms with van der Waals surface area (Å²) in [5.41, 5.74) is 3.10. The fourth-order valence-electron chi connectivity index (χ4n) is 3.47. The van der Waals surface area contributed by atoms with Crippen molar-refractivity contribution in [2.75, 3.05) is 21.2 Å². The third kappa shape index (κ3) is 3.98. The van der Waals surface area contributed by atoms with Crippen molar-refractivity contribution in [1.29, 1.82) is 0 Å². The predicted molar refractivity (Wildman–Crippen MR) is 127 cm³/mol. The second-order valence-corrected chi connectivity index (χ2v) is 8.67. The van der Waals surface area contributed by atoms with Crippen LogP contribution in [0.1, 0.15) is 15.4 Å². The van der Waals surface area contributed by atoms with E-state index in [-0.39, 0.29) is 12.5 Å². The van der Waals surface area contributed by atoms with Gasteiger partial charge in [-0.15, -0.1) is 11.3 Å². The van der Waals surface area contributed by atoms with Gasteiger partial charge in [0.05, 0.1) is 28.6 Å². The van der Waals surface area contributed by atoms with Gasteiger partial charge in [-0.3, -0.25) is 9.78 Å². The number of hydrogen-bond acceptors (Lipinski definition) is 7. The maximum Gasteiger partial charge on any atom is 0.263 e. The number of benzene rings is 1. The molecule has 0 radical (unpaired) electrons. The molecule has 1 amide bonds. The minimum absolute atomic E-state index is 0.0220. The lowest BCUT2D eigenvalue weighted by molar-refractivity contribution is 0.0832. The normalized spacial score (nSPS) is 11.1. The van der Waals surface area contributed by atoms with E-state index in [4.69, 9.17) is 14.6 Å². The molecular weight excluding hydrogens is 438 g/mol. The Hall–Kier alpha value is -3.98. The van der Waals surface area contributed by atoms with Crippen LogP contribution < -0.4 is 9.47 Å². The van der Waals surface area contributed by atoms with Gasteiger partial charge in [-0.05, 0) is 42.5 Å². The molecule has 4 aromatic heterocycles. The van der Waals surface area contributed by atoms with E-state index in [1.807, 2.05) is 48.5 Å². The van der Waals surface area contributed by atoms with Crippen molar-refractivity contribution in [1.82, 2.24) is 24.5 Å². The van der Waals surface area contributed by atoms with Gasteiger partial charge in [0.2, 0.25) is 0 Å². The van der Waals surface area contributed by atoms with E-state index in [9.17, 15) is 4.79 Å². The topological polar surface area (TPSA) is 81.9 Å². The lowest BCUT2D eigenvalue weighted by atomic mass is 10.2. The average Bonchev–Trinajstić information content (AvgIpc) is 3.48. The predicted octanol–water partition coefficient (Wildman–Crippen LogP) is 4.30. The highest BCUT2D eigenvalue weighted by Gasteiger charge is 2.14. The number of carbonyl (C=O) groups is 1. The smallest absolute Gasteiger partial charge is 0.263 e. The van der Waals surface area contributed by atoms with Crippen molar-refractivity contribution >= 4 is 33.8 Å². The van der Waals surface area contributed by atoms with Crippen molar-refractivity contribution in [3.63, 3.8) is 0 Å². The number of aromatic nitrogens is 4. The van der Waals surface area contributed by atoms with Crippen LogP contribution in [0.25, 0.3) is 27.1 Å². The second kappa shape index (κ2) is 8.51. The second-order valence-electron chi connectivity index (χ2n) is 7.58. The molecule has 0 aliphatic rings. The fourth-order valence-corrected chi connectivity index (χ4v) is 4.46. The maximum absolute atomic E-state index is 12.2. The van der Waals surface area contributed by atoms with E-state index >= 15 is 0 Å². The third-order valence-corrected chi connectivity index (χ3v) is 6.29. The summed E-state index contributed by atoms with van der Waals surface area (Å²) in [5.74, 6) is 1.44. The lowest BCUT2D eigenvalue weighted by Gasteiger charge is -2.10. The van der Waals surface area contributed by atoms with Crippen LogP contribution in [0.3, 0.4) is 0 Å². The first-order chi connectivity index (χ1) is 16.0. The summed E-state index contributed by atoms with van der Waals surface area (Å²) in [6.07, 6.45) is 3.47. The average molecular weight is 460 g/mol. The summed E-state index contributed by atoms with van der Waals surface area (Å²) in [5, 5.41) is 5.65. The van der Waals surface area contributed by atoms with Gasteiger partial charge in [0.15, 0.2) is 5.65 Å². The number of thiophene rings is 1. The number of ether oxygens (including phenoxy) is 2. The Balaban J connectivity index is 1.42. The summed E-state index contributed by atoms with van der Waals surface area (Å²) < 4.78 is 13.2. The van der Waals surface area contributed by atoms with Gasteiger partial charge in [-0.1, -0.05) is 0 Å². The molecule has 0 bridgehead atoms. The van der Waals surface area contributed by atoms with Crippen LogP contribution in [0.4, 0.5) is 0 Å². The number of hydrogen-bond donors (Lipinski definition) is 0. The SMILES string of the molecule is COc1ccc2c(OCc3cnc4ccc(-c5ccc(C(=O)N(C)C)s5)nn34)ccnc2c1. The number of amides is 1. The molecule has 0 atom stereocenters. The molecule has 8 nitrogen and oxygen atoms in total. The lowest BCUT2D eigenvalue weighted by Crippen LogP contribution is -2.20. The summed E-state index contributed by atoms with van der Waals surface area (Å²) in [6, 6.07) is 15.1. The van der Waals surface area contributed by atoms with Crippen LogP contribution in [0.2, 0.25) is 0 Å². The number of imidazole rings is 1. The van der Waals surface area contributed by atoms with Gasteiger partial charge < -0.3 is 14.4 Å². The highest BCUT2D eigenvalue weighted by atomic mass is 32.1. The van der Waals surface area contributed by atoms with Crippen molar-refractivity contribution in [3.05, 3.63) is 71.5 Å². The minimum atomic E-state index is -0.0220. The van der Waals surface area contributed by atoms with Gasteiger partial charge in [0, 0.05) is 31.7 Å². The Morgan fingerprint density at radius 1 is 1.09 bits per heavy atom. The molecule has 5 rings (SSSR count). The Labute approximate surface area is 194 Å². The van der Waals surface area contributed by atoms with Crippen LogP contribution in [0.15, 0.2) is 60.9 Å². The first kappa shape index (κ1) is 20.9. The minimum Gasteiger partial charge on any atom is -0.497 e. The Morgan fingerprint density at radius 3 is 2.79 bits per heavy atom. The molecule has 166 valence electrons. The van der Waals surface area contributed by atoms with Crippen molar-refractivity contribution < 1.29 is 14.3 Å². The zero-order valence-electron chi connectivity index (χ0n) is 18.3. The monoisotopic (exact) mass is 459 g/mol. The van der Waals surface area contributed by atoms with Crippen LogP contribution in [0.5, 0.6) is 11.5 Å². The fraction of sp³-hybridized carbons (Fsp3) is 0.167. The summed E-state index contributed by atoms with van der Waals surface area (Å²) in [6.45, 7) is 0.289. The first-order valence-electron chi connectivity index (χ1n) is 10.2. The molecule has 0 aliphatic heterocycles. The third-order valence-electron chi connectivity index (χ3n) is 5.19. The number of rotatable bonds is 6. The summed E-state index contributed by atoms with van der Waals surface area (Å²) in [4.78, 5) is 24.2. The molecule has 4 heterocycles. The number of pyridine rings is 1. The van der Waals surface area contributed by atoms with Gasteiger partial charge in [-0.2, -0.15) is 5.10 Å². The molecule has 0 fully saturated rings. The van der Waals surface area contributed by atoms with E-state index in [0.717, 1.165) is 44.3 Å².